The van der Waals surface area contributed by atoms with Gasteiger partial charge in [-0.1, -0.05) is 43.7 Å². The second-order valence-corrected chi connectivity index (χ2v) is 6.27. The summed E-state index contributed by atoms with van der Waals surface area (Å²) in [6.45, 7) is 4.84. The molecule has 0 spiro atoms. The minimum atomic E-state index is -0.649. The zero-order chi connectivity index (χ0) is 20.4. The number of para-hydroxylation sites is 1. The van der Waals surface area contributed by atoms with Gasteiger partial charge in [0.1, 0.15) is 0 Å². The van der Waals surface area contributed by atoms with E-state index in [1.54, 1.807) is 53.4 Å². The number of nitrogens with zero attached hydrogens (tertiary/aromatic N) is 1. The summed E-state index contributed by atoms with van der Waals surface area (Å²) >= 11 is 0. The molecule has 0 unspecified atom stereocenters. The lowest BCUT2D eigenvalue weighted by Gasteiger charge is -2.20. The van der Waals surface area contributed by atoms with E-state index in [2.05, 4.69) is 12.2 Å². The minimum Gasteiger partial charge on any atom is -0.452 e. The highest BCUT2D eigenvalue weighted by atomic mass is 16.5. The summed E-state index contributed by atoms with van der Waals surface area (Å²) in [7, 11) is 0. The number of likely N-dealkylation sites (N-methyl/N-ethyl adjacent to an activating group) is 1. The number of carbonyl (C=O) groups excluding carboxylic acids is 3. The van der Waals surface area contributed by atoms with Crippen LogP contribution in [0.1, 0.15) is 47.4 Å². The Hall–Kier alpha value is -3.15. The molecule has 0 aromatic heterocycles. The van der Waals surface area contributed by atoms with E-state index in [-0.39, 0.29) is 24.0 Å². The lowest BCUT2D eigenvalue weighted by molar-refractivity contribution is -0.134. The molecular formula is C22H26N2O4. The summed E-state index contributed by atoms with van der Waals surface area (Å²) in [5, 5.41) is 2.72. The van der Waals surface area contributed by atoms with Crippen molar-refractivity contribution in [1.82, 2.24) is 4.90 Å². The summed E-state index contributed by atoms with van der Waals surface area (Å²) in [6.07, 6.45) is 1.89. The van der Waals surface area contributed by atoms with Crippen LogP contribution >= 0.6 is 0 Å². The number of benzene rings is 2. The van der Waals surface area contributed by atoms with Crippen molar-refractivity contribution in [3.8, 4) is 0 Å². The van der Waals surface area contributed by atoms with Crippen LogP contribution < -0.4 is 5.32 Å². The lowest BCUT2D eigenvalue weighted by atomic mass is 10.1. The lowest BCUT2D eigenvalue weighted by Crippen LogP contribution is -2.35. The van der Waals surface area contributed by atoms with Gasteiger partial charge in [0.15, 0.2) is 6.61 Å². The Balaban J connectivity index is 2.02. The predicted octanol–water partition coefficient (Wildman–Crippen LogP) is 3.74. The molecule has 148 valence electrons. The molecule has 0 atom stereocenters. The van der Waals surface area contributed by atoms with E-state index in [0.29, 0.717) is 24.3 Å². The van der Waals surface area contributed by atoms with Crippen LogP contribution in [0.4, 0.5) is 5.69 Å². The van der Waals surface area contributed by atoms with Gasteiger partial charge in [-0.15, -0.1) is 0 Å². The quantitative estimate of drug-likeness (QED) is 0.670. The highest BCUT2D eigenvalue weighted by molar-refractivity contribution is 6.08. The molecule has 0 saturated heterocycles. The third kappa shape index (κ3) is 5.94. The maximum absolute atomic E-state index is 12.5. The summed E-state index contributed by atoms with van der Waals surface area (Å²) in [5.41, 5.74) is 1.03. The van der Waals surface area contributed by atoms with Gasteiger partial charge in [-0.05, 0) is 37.6 Å². The topological polar surface area (TPSA) is 75.7 Å². The first kappa shape index (κ1) is 21.2. The molecule has 0 heterocycles. The molecule has 1 N–H and O–H groups in total. The SMILES string of the molecule is CCCCN(CC)C(=O)COC(=O)c1ccccc1NC(=O)c1ccccc1. The smallest absolute Gasteiger partial charge is 0.340 e. The molecule has 28 heavy (non-hydrogen) atoms. The molecule has 0 aliphatic heterocycles. The average molecular weight is 382 g/mol. The maximum atomic E-state index is 12.5. The normalized spacial score (nSPS) is 10.2. The van der Waals surface area contributed by atoms with Gasteiger partial charge in [0.2, 0.25) is 0 Å². The molecule has 0 bridgehead atoms. The van der Waals surface area contributed by atoms with Crippen molar-refractivity contribution >= 4 is 23.5 Å². The second-order valence-electron chi connectivity index (χ2n) is 6.27. The first-order chi connectivity index (χ1) is 13.6. The Morgan fingerprint density at radius 2 is 1.64 bits per heavy atom. The first-order valence-electron chi connectivity index (χ1n) is 9.47. The molecule has 6 heteroatoms. The van der Waals surface area contributed by atoms with Crippen LogP contribution in [-0.4, -0.2) is 42.4 Å². The van der Waals surface area contributed by atoms with Crippen molar-refractivity contribution in [3.05, 3.63) is 65.7 Å². The summed E-state index contributed by atoms with van der Waals surface area (Å²) in [4.78, 5) is 38.7. The largest absolute Gasteiger partial charge is 0.452 e. The third-order valence-electron chi connectivity index (χ3n) is 4.27. The molecule has 6 nitrogen and oxygen atoms in total. The third-order valence-corrected chi connectivity index (χ3v) is 4.27. The fourth-order valence-corrected chi connectivity index (χ4v) is 2.66. The van der Waals surface area contributed by atoms with E-state index in [1.807, 2.05) is 13.0 Å². The average Bonchev–Trinajstić information content (AvgIpc) is 2.73. The van der Waals surface area contributed by atoms with Crippen molar-refractivity contribution in [1.29, 1.82) is 0 Å². The zero-order valence-electron chi connectivity index (χ0n) is 16.3. The highest BCUT2D eigenvalue weighted by Gasteiger charge is 2.18. The van der Waals surface area contributed by atoms with Crippen molar-refractivity contribution in [2.75, 3.05) is 25.0 Å². The van der Waals surface area contributed by atoms with Gasteiger partial charge in [0.25, 0.3) is 11.8 Å². The Morgan fingerprint density at radius 1 is 0.964 bits per heavy atom. The zero-order valence-corrected chi connectivity index (χ0v) is 16.3. The number of carbonyl (C=O) groups is 3. The Morgan fingerprint density at radius 3 is 2.32 bits per heavy atom. The van der Waals surface area contributed by atoms with Crippen LogP contribution in [0, 0.1) is 0 Å². The van der Waals surface area contributed by atoms with Crippen LogP contribution in [0.5, 0.6) is 0 Å². The number of rotatable bonds is 9. The van der Waals surface area contributed by atoms with Crippen molar-refractivity contribution in [2.24, 2.45) is 0 Å². The number of anilines is 1. The van der Waals surface area contributed by atoms with Crippen LogP contribution in [0.25, 0.3) is 0 Å². The Labute approximate surface area is 165 Å². The van der Waals surface area contributed by atoms with Gasteiger partial charge in [0, 0.05) is 18.7 Å². The Bertz CT molecular complexity index is 805. The monoisotopic (exact) mass is 382 g/mol. The molecular weight excluding hydrogens is 356 g/mol. The summed E-state index contributed by atoms with van der Waals surface area (Å²) < 4.78 is 5.20. The van der Waals surface area contributed by atoms with Gasteiger partial charge >= 0.3 is 5.97 Å². The number of ether oxygens (including phenoxy) is 1. The fraction of sp³-hybridized carbons (Fsp3) is 0.318. The first-order valence-corrected chi connectivity index (χ1v) is 9.47. The number of hydrogen-bond acceptors (Lipinski definition) is 4. The maximum Gasteiger partial charge on any atom is 0.340 e. The molecule has 0 radical (unpaired) electrons. The number of hydrogen-bond donors (Lipinski definition) is 1. The van der Waals surface area contributed by atoms with E-state index in [9.17, 15) is 14.4 Å². The van der Waals surface area contributed by atoms with E-state index in [1.165, 1.54) is 0 Å². The molecule has 0 aliphatic rings. The van der Waals surface area contributed by atoms with E-state index >= 15 is 0 Å². The molecule has 0 saturated carbocycles. The molecule has 2 aromatic carbocycles. The highest BCUT2D eigenvalue weighted by Crippen LogP contribution is 2.17. The van der Waals surface area contributed by atoms with Crippen molar-refractivity contribution in [3.63, 3.8) is 0 Å². The van der Waals surface area contributed by atoms with Crippen molar-refractivity contribution < 1.29 is 19.1 Å². The van der Waals surface area contributed by atoms with Gasteiger partial charge in [-0.2, -0.15) is 0 Å². The molecule has 2 rings (SSSR count). The number of unbranched alkanes of at least 4 members (excludes halogenated alkanes) is 1. The van der Waals surface area contributed by atoms with Gasteiger partial charge < -0.3 is 15.0 Å². The fourth-order valence-electron chi connectivity index (χ4n) is 2.66. The molecule has 0 aliphatic carbocycles. The molecule has 2 amide bonds. The van der Waals surface area contributed by atoms with Gasteiger partial charge in [0.05, 0.1) is 11.3 Å². The molecule has 2 aromatic rings. The standard InChI is InChI=1S/C22H26N2O4/c1-3-5-15-24(4-2)20(25)16-28-22(27)18-13-9-10-14-19(18)23-21(26)17-11-7-6-8-12-17/h6-14H,3-5,15-16H2,1-2H3,(H,23,26). The van der Waals surface area contributed by atoms with Crippen molar-refractivity contribution in [2.45, 2.75) is 26.7 Å². The number of amides is 2. The minimum absolute atomic E-state index is 0.205. The number of nitrogens with one attached hydrogen (secondary N) is 1. The summed E-state index contributed by atoms with van der Waals surface area (Å²) in [5.74, 6) is -1.20. The van der Waals surface area contributed by atoms with E-state index in [4.69, 9.17) is 4.74 Å². The van der Waals surface area contributed by atoms with E-state index < -0.39 is 5.97 Å². The van der Waals surface area contributed by atoms with Gasteiger partial charge in [-0.3, -0.25) is 9.59 Å². The van der Waals surface area contributed by atoms with Crippen LogP contribution in [0.3, 0.4) is 0 Å². The van der Waals surface area contributed by atoms with E-state index in [0.717, 1.165) is 12.8 Å². The van der Waals surface area contributed by atoms with Crippen LogP contribution in [-0.2, 0) is 9.53 Å². The van der Waals surface area contributed by atoms with Crippen LogP contribution in [0.15, 0.2) is 54.6 Å². The number of esters is 1. The Kier molecular flexibility index (Phi) is 8.21. The molecule has 0 fully saturated rings. The second kappa shape index (κ2) is 10.9. The summed E-state index contributed by atoms with van der Waals surface area (Å²) in [6, 6.07) is 15.3. The van der Waals surface area contributed by atoms with Crippen LogP contribution in [0.2, 0.25) is 0 Å². The van der Waals surface area contributed by atoms with Gasteiger partial charge in [-0.25, -0.2) is 4.79 Å². The predicted molar refractivity (Wildman–Crippen MR) is 108 cm³/mol.